The number of para-hydroxylation sites is 2. The van der Waals surface area contributed by atoms with Gasteiger partial charge in [0, 0.05) is 31.9 Å². The topological polar surface area (TPSA) is 60.6 Å². The summed E-state index contributed by atoms with van der Waals surface area (Å²) in [7, 11) is 1.58. The average molecular weight is 357 g/mol. The molecule has 4 rings (SSSR count). The molecule has 3 heterocycles. The fraction of sp³-hybridized carbons (Fsp3) is 0.368. The SMILES string of the molecule is COc1ccc(CN2CC(F)C(OCc3nc4ccccc4o3)C2)cn1. The molecule has 0 bridgehead atoms. The number of rotatable bonds is 6. The molecule has 6 nitrogen and oxygen atoms in total. The van der Waals surface area contributed by atoms with Crippen molar-refractivity contribution in [2.75, 3.05) is 20.2 Å². The van der Waals surface area contributed by atoms with Crippen molar-refractivity contribution in [1.82, 2.24) is 14.9 Å². The minimum Gasteiger partial charge on any atom is -0.481 e. The fourth-order valence-electron chi connectivity index (χ4n) is 3.14. The van der Waals surface area contributed by atoms with Gasteiger partial charge in [0.1, 0.15) is 24.4 Å². The van der Waals surface area contributed by atoms with E-state index in [-0.39, 0.29) is 6.61 Å². The summed E-state index contributed by atoms with van der Waals surface area (Å²) in [5.41, 5.74) is 2.50. The van der Waals surface area contributed by atoms with Gasteiger partial charge < -0.3 is 13.9 Å². The second kappa shape index (κ2) is 7.39. The van der Waals surface area contributed by atoms with Crippen molar-refractivity contribution in [3.05, 3.63) is 54.0 Å². The number of fused-ring (bicyclic) bond motifs is 1. The number of likely N-dealkylation sites (tertiary alicyclic amines) is 1. The zero-order chi connectivity index (χ0) is 17.9. The van der Waals surface area contributed by atoms with Crippen LogP contribution in [0.15, 0.2) is 47.0 Å². The molecule has 2 atom stereocenters. The molecule has 0 saturated carbocycles. The number of alkyl halides is 1. The van der Waals surface area contributed by atoms with Gasteiger partial charge in [-0.1, -0.05) is 18.2 Å². The Hall–Kier alpha value is -2.51. The van der Waals surface area contributed by atoms with Crippen LogP contribution < -0.4 is 4.74 Å². The van der Waals surface area contributed by atoms with E-state index in [9.17, 15) is 4.39 Å². The standard InChI is InChI=1S/C19H20FN3O3/c1-24-18-7-6-13(8-21-18)9-23-10-14(20)17(11-23)25-12-19-22-15-4-2-3-5-16(15)26-19/h2-8,14,17H,9-12H2,1H3. The van der Waals surface area contributed by atoms with Gasteiger partial charge in [0.05, 0.1) is 7.11 Å². The number of aromatic nitrogens is 2. The lowest BCUT2D eigenvalue weighted by Gasteiger charge is -2.15. The lowest BCUT2D eigenvalue weighted by molar-refractivity contribution is 0.00239. The molecule has 1 aromatic carbocycles. The van der Waals surface area contributed by atoms with Crippen LogP contribution in [0.4, 0.5) is 4.39 Å². The van der Waals surface area contributed by atoms with E-state index in [0.29, 0.717) is 37.0 Å². The smallest absolute Gasteiger partial charge is 0.221 e. The van der Waals surface area contributed by atoms with Crippen LogP contribution in [0.25, 0.3) is 11.1 Å². The molecule has 3 aromatic rings. The van der Waals surface area contributed by atoms with E-state index in [1.807, 2.05) is 35.2 Å². The van der Waals surface area contributed by atoms with Gasteiger partial charge in [-0.15, -0.1) is 0 Å². The summed E-state index contributed by atoms with van der Waals surface area (Å²) in [6.45, 7) is 1.65. The van der Waals surface area contributed by atoms with Crippen molar-refractivity contribution >= 4 is 11.1 Å². The second-order valence-corrected chi connectivity index (χ2v) is 6.34. The lowest BCUT2D eigenvalue weighted by Crippen LogP contribution is -2.24. The molecule has 0 amide bonds. The number of hydrogen-bond donors (Lipinski definition) is 0. The molecule has 136 valence electrons. The van der Waals surface area contributed by atoms with E-state index in [0.717, 1.165) is 11.1 Å². The molecule has 1 aliphatic rings. The van der Waals surface area contributed by atoms with Crippen molar-refractivity contribution < 1.29 is 18.3 Å². The first-order valence-electron chi connectivity index (χ1n) is 8.52. The third kappa shape index (κ3) is 3.68. The zero-order valence-corrected chi connectivity index (χ0v) is 14.5. The van der Waals surface area contributed by atoms with Crippen molar-refractivity contribution in [3.8, 4) is 5.88 Å². The molecule has 7 heteroatoms. The summed E-state index contributed by atoms with van der Waals surface area (Å²) < 4.78 is 30.7. The third-order valence-electron chi connectivity index (χ3n) is 4.45. The molecule has 2 unspecified atom stereocenters. The summed E-state index contributed by atoms with van der Waals surface area (Å²) in [6, 6.07) is 11.3. The van der Waals surface area contributed by atoms with Crippen molar-refractivity contribution in [2.45, 2.75) is 25.4 Å². The van der Waals surface area contributed by atoms with Crippen LogP contribution in [0.5, 0.6) is 5.88 Å². The minimum atomic E-state index is -1.04. The van der Waals surface area contributed by atoms with E-state index in [1.165, 1.54) is 0 Å². The highest BCUT2D eigenvalue weighted by Crippen LogP contribution is 2.22. The van der Waals surface area contributed by atoms with Gasteiger partial charge in [0.15, 0.2) is 5.58 Å². The molecular weight excluding hydrogens is 337 g/mol. The highest BCUT2D eigenvalue weighted by molar-refractivity contribution is 5.72. The Morgan fingerprint density at radius 2 is 2.12 bits per heavy atom. The molecule has 0 radical (unpaired) electrons. The minimum absolute atomic E-state index is 0.164. The maximum absolute atomic E-state index is 14.3. The van der Waals surface area contributed by atoms with Gasteiger partial charge in [-0.2, -0.15) is 0 Å². The predicted octanol–water partition coefficient (Wildman–Crippen LogP) is 2.97. The molecule has 26 heavy (non-hydrogen) atoms. The molecule has 1 fully saturated rings. The van der Waals surface area contributed by atoms with Crippen molar-refractivity contribution in [1.29, 1.82) is 0 Å². The molecule has 1 aliphatic heterocycles. The van der Waals surface area contributed by atoms with Gasteiger partial charge in [-0.3, -0.25) is 4.90 Å². The molecular formula is C19H20FN3O3. The Morgan fingerprint density at radius 3 is 2.88 bits per heavy atom. The molecule has 0 N–H and O–H groups in total. The molecule has 0 spiro atoms. The van der Waals surface area contributed by atoms with Gasteiger partial charge in [0.25, 0.3) is 0 Å². The van der Waals surface area contributed by atoms with Crippen LogP contribution in [0.2, 0.25) is 0 Å². The quantitative estimate of drug-likeness (QED) is 0.676. The summed E-state index contributed by atoms with van der Waals surface area (Å²) in [6.07, 6.45) is 0.222. The molecule has 0 aliphatic carbocycles. The molecule has 1 saturated heterocycles. The van der Waals surface area contributed by atoms with Crippen LogP contribution in [0.3, 0.4) is 0 Å². The maximum Gasteiger partial charge on any atom is 0.221 e. The number of benzene rings is 1. The Balaban J connectivity index is 1.33. The predicted molar refractivity (Wildman–Crippen MR) is 93.5 cm³/mol. The second-order valence-electron chi connectivity index (χ2n) is 6.34. The monoisotopic (exact) mass is 357 g/mol. The van der Waals surface area contributed by atoms with E-state index in [1.54, 1.807) is 19.4 Å². The lowest BCUT2D eigenvalue weighted by atomic mass is 10.2. The van der Waals surface area contributed by atoms with Crippen molar-refractivity contribution in [2.24, 2.45) is 0 Å². The first kappa shape index (κ1) is 16.9. The summed E-state index contributed by atoms with van der Waals surface area (Å²) in [5.74, 6) is 1.04. The first-order valence-corrected chi connectivity index (χ1v) is 8.52. The number of nitrogens with zero attached hydrogens (tertiary/aromatic N) is 3. The average Bonchev–Trinajstić information content (AvgIpc) is 3.23. The Labute approximate surface area is 150 Å². The zero-order valence-electron chi connectivity index (χ0n) is 14.5. The number of methoxy groups -OCH3 is 1. The largest absolute Gasteiger partial charge is 0.481 e. The highest BCUT2D eigenvalue weighted by atomic mass is 19.1. The maximum atomic E-state index is 14.3. The van der Waals surface area contributed by atoms with E-state index < -0.39 is 12.3 Å². The number of pyridine rings is 1. The summed E-state index contributed by atoms with van der Waals surface area (Å²) >= 11 is 0. The van der Waals surface area contributed by atoms with Crippen LogP contribution in [-0.2, 0) is 17.9 Å². The van der Waals surface area contributed by atoms with Crippen LogP contribution >= 0.6 is 0 Å². The van der Waals surface area contributed by atoms with Crippen LogP contribution in [0, 0.1) is 0 Å². The van der Waals surface area contributed by atoms with Gasteiger partial charge in [0.2, 0.25) is 11.8 Å². The Kier molecular flexibility index (Phi) is 4.81. The van der Waals surface area contributed by atoms with E-state index >= 15 is 0 Å². The van der Waals surface area contributed by atoms with Crippen molar-refractivity contribution in [3.63, 3.8) is 0 Å². The van der Waals surface area contributed by atoms with Gasteiger partial charge in [-0.05, 0) is 17.7 Å². The van der Waals surface area contributed by atoms with E-state index in [4.69, 9.17) is 13.9 Å². The number of oxazole rings is 1. The number of halogens is 1. The van der Waals surface area contributed by atoms with Crippen LogP contribution in [-0.4, -0.2) is 47.3 Å². The van der Waals surface area contributed by atoms with Crippen LogP contribution in [0.1, 0.15) is 11.5 Å². The normalized spacial score (nSPS) is 20.7. The number of hydrogen-bond acceptors (Lipinski definition) is 6. The van der Waals surface area contributed by atoms with Gasteiger partial charge >= 0.3 is 0 Å². The highest BCUT2D eigenvalue weighted by Gasteiger charge is 2.33. The fourth-order valence-corrected chi connectivity index (χ4v) is 3.14. The first-order chi connectivity index (χ1) is 12.7. The summed E-state index contributed by atoms with van der Waals surface area (Å²) in [4.78, 5) is 10.6. The third-order valence-corrected chi connectivity index (χ3v) is 4.45. The summed E-state index contributed by atoms with van der Waals surface area (Å²) in [5, 5.41) is 0. The Morgan fingerprint density at radius 1 is 1.23 bits per heavy atom. The van der Waals surface area contributed by atoms with Gasteiger partial charge in [-0.25, -0.2) is 14.4 Å². The van der Waals surface area contributed by atoms with E-state index in [2.05, 4.69) is 9.97 Å². The molecule has 2 aromatic heterocycles. The number of ether oxygens (including phenoxy) is 2. The Bertz CT molecular complexity index is 835.